The Kier molecular flexibility index (Phi) is 5.96. The number of hydrogen-bond acceptors (Lipinski definition) is 3. The average Bonchev–Trinajstić information content (AvgIpc) is 3.00. The van der Waals surface area contributed by atoms with Gasteiger partial charge >= 0.3 is 6.18 Å². The minimum Gasteiger partial charge on any atom is -0.299 e. The molecule has 2 saturated heterocycles. The first-order valence-corrected chi connectivity index (χ1v) is 14.4. The Hall–Kier alpha value is -1.97. The van der Waals surface area contributed by atoms with Gasteiger partial charge in [0.1, 0.15) is 5.82 Å². The van der Waals surface area contributed by atoms with Gasteiger partial charge in [0, 0.05) is 24.1 Å². The number of sulfonamides is 1. The molecule has 0 N–H and O–H groups in total. The topological polar surface area (TPSA) is 40.6 Å². The van der Waals surface area contributed by atoms with E-state index < -0.39 is 27.8 Å². The number of benzene rings is 2. The van der Waals surface area contributed by atoms with Gasteiger partial charge < -0.3 is 0 Å². The summed E-state index contributed by atoms with van der Waals surface area (Å²) in [4.78, 5) is 2.34. The summed E-state index contributed by atoms with van der Waals surface area (Å²) in [5.41, 5.74) is 2.19. The van der Waals surface area contributed by atoms with Crippen LogP contribution in [0.3, 0.4) is 0 Å². The molecule has 4 nitrogen and oxygen atoms in total. The summed E-state index contributed by atoms with van der Waals surface area (Å²) in [6.45, 7) is 2.27. The molecular formula is C27H30F4N2O2S. The number of hydrogen-bond donors (Lipinski definition) is 0. The first-order valence-electron chi connectivity index (χ1n) is 12.9. The van der Waals surface area contributed by atoms with Crippen LogP contribution < -0.4 is 0 Å². The van der Waals surface area contributed by atoms with Gasteiger partial charge in [-0.15, -0.1) is 0 Å². The lowest BCUT2D eigenvalue weighted by molar-refractivity contribution is -0.137. The third kappa shape index (κ3) is 4.07. The summed E-state index contributed by atoms with van der Waals surface area (Å²) in [6, 6.07) is 8.46. The summed E-state index contributed by atoms with van der Waals surface area (Å²) in [6.07, 6.45) is 0.571. The number of nitrogens with zero attached hydrogens (tertiary/aromatic N) is 2. The second-order valence-electron chi connectivity index (χ2n) is 10.8. The molecule has 9 heteroatoms. The first kappa shape index (κ1) is 24.4. The van der Waals surface area contributed by atoms with Crippen LogP contribution in [0.15, 0.2) is 36.4 Å². The monoisotopic (exact) mass is 522 g/mol. The van der Waals surface area contributed by atoms with Crippen LogP contribution in [0.1, 0.15) is 71.9 Å². The molecule has 2 heterocycles. The van der Waals surface area contributed by atoms with Crippen LogP contribution in [0.4, 0.5) is 17.6 Å². The van der Waals surface area contributed by atoms with Crippen molar-refractivity contribution >= 4 is 10.0 Å². The summed E-state index contributed by atoms with van der Waals surface area (Å²) in [7, 11) is -3.44. The fraction of sp³-hybridized carbons (Fsp3) is 0.556. The van der Waals surface area contributed by atoms with Gasteiger partial charge in [0.15, 0.2) is 0 Å². The molecule has 0 radical (unpaired) electrons. The van der Waals surface area contributed by atoms with Crippen LogP contribution in [0, 0.1) is 5.82 Å². The van der Waals surface area contributed by atoms with Crippen LogP contribution in [-0.4, -0.2) is 48.5 Å². The molecule has 36 heavy (non-hydrogen) atoms. The minimum atomic E-state index is -4.41. The maximum Gasteiger partial charge on any atom is 0.416 e. The molecule has 0 aromatic heterocycles. The van der Waals surface area contributed by atoms with E-state index in [2.05, 4.69) is 4.90 Å². The predicted molar refractivity (Wildman–Crippen MR) is 129 cm³/mol. The highest BCUT2D eigenvalue weighted by molar-refractivity contribution is 7.89. The fourth-order valence-electron chi connectivity index (χ4n) is 6.27. The van der Waals surface area contributed by atoms with Crippen molar-refractivity contribution in [1.82, 2.24) is 9.21 Å². The molecular weight excluding hydrogens is 492 g/mol. The van der Waals surface area contributed by atoms with Crippen molar-refractivity contribution in [2.24, 2.45) is 0 Å². The number of rotatable bonds is 6. The van der Waals surface area contributed by atoms with Crippen LogP contribution in [0.25, 0.3) is 0 Å². The fourth-order valence-corrected chi connectivity index (χ4v) is 8.52. The second-order valence-corrected chi connectivity index (χ2v) is 12.9. The zero-order valence-corrected chi connectivity index (χ0v) is 20.8. The Morgan fingerprint density at radius 3 is 2.31 bits per heavy atom. The molecule has 0 bridgehead atoms. The van der Waals surface area contributed by atoms with Gasteiger partial charge in [-0.05, 0) is 80.4 Å². The molecule has 2 aliphatic heterocycles. The van der Waals surface area contributed by atoms with Crippen molar-refractivity contribution < 1.29 is 26.0 Å². The molecule has 0 amide bonds. The molecule has 3 atom stereocenters. The largest absolute Gasteiger partial charge is 0.416 e. The second kappa shape index (κ2) is 8.81. The standard InChI is InChI=1S/C27H30F4N2O2S/c28-24-14-18-15-26(32-9-3-10-32)22(13-17-4-1-5-19(12-17)27(29,30)31)21(18)16-23(24)25-8-11-33(25)36(34,35)20-6-2-7-20/h1,4-5,12,14,16,20,22,25-26H,2-3,6-11,13,15H2. The maximum atomic E-state index is 15.4. The molecule has 3 fully saturated rings. The Bertz CT molecular complexity index is 1270. The average molecular weight is 523 g/mol. The summed E-state index contributed by atoms with van der Waals surface area (Å²) < 4.78 is 82.9. The molecule has 0 spiro atoms. The first-order chi connectivity index (χ1) is 17.1. The van der Waals surface area contributed by atoms with Gasteiger partial charge in [-0.25, -0.2) is 12.8 Å². The number of halogens is 4. The van der Waals surface area contributed by atoms with E-state index in [1.165, 1.54) is 16.4 Å². The molecule has 2 aromatic carbocycles. The van der Waals surface area contributed by atoms with E-state index in [-0.39, 0.29) is 23.0 Å². The molecule has 4 aliphatic rings. The lowest BCUT2D eigenvalue weighted by Crippen LogP contribution is -2.50. The molecule has 1 saturated carbocycles. The lowest BCUT2D eigenvalue weighted by atomic mass is 9.86. The van der Waals surface area contributed by atoms with Crippen molar-refractivity contribution in [2.45, 2.75) is 74.4 Å². The SMILES string of the molecule is O=S(=O)(C1CCC1)N1CCC1c1cc2c(cc1F)CC(N1CCC1)C2Cc1cccc(C(F)(F)F)c1. The maximum absolute atomic E-state index is 15.4. The van der Waals surface area contributed by atoms with E-state index in [0.717, 1.165) is 43.1 Å². The van der Waals surface area contributed by atoms with Crippen molar-refractivity contribution in [1.29, 1.82) is 0 Å². The zero-order valence-electron chi connectivity index (χ0n) is 20.0. The number of fused-ring (bicyclic) bond motifs is 1. The predicted octanol–water partition coefficient (Wildman–Crippen LogP) is 5.43. The Balaban J connectivity index is 1.33. The van der Waals surface area contributed by atoms with Crippen molar-refractivity contribution in [3.63, 3.8) is 0 Å². The minimum absolute atomic E-state index is 0.0695. The normalized spacial score (nSPS) is 27.3. The molecule has 2 aromatic rings. The summed E-state index contributed by atoms with van der Waals surface area (Å²) in [5, 5.41) is -0.359. The zero-order chi connectivity index (χ0) is 25.2. The van der Waals surface area contributed by atoms with Crippen LogP contribution in [0.5, 0.6) is 0 Å². The highest BCUT2D eigenvalue weighted by Crippen LogP contribution is 2.46. The lowest BCUT2D eigenvalue weighted by Gasteiger charge is -2.44. The van der Waals surface area contributed by atoms with Crippen molar-refractivity contribution in [2.75, 3.05) is 19.6 Å². The van der Waals surface area contributed by atoms with E-state index in [0.29, 0.717) is 49.8 Å². The Morgan fingerprint density at radius 1 is 0.944 bits per heavy atom. The van der Waals surface area contributed by atoms with Crippen LogP contribution in [-0.2, 0) is 29.0 Å². The molecule has 2 aliphatic carbocycles. The highest BCUT2D eigenvalue weighted by atomic mass is 32.2. The van der Waals surface area contributed by atoms with E-state index in [4.69, 9.17) is 0 Å². The van der Waals surface area contributed by atoms with E-state index in [1.807, 2.05) is 6.07 Å². The number of likely N-dealkylation sites (tertiary alicyclic amines) is 1. The van der Waals surface area contributed by atoms with Crippen molar-refractivity contribution in [3.05, 3.63) is 70.0 Å². The summed E-state index contributed by atoms with van der Waals surface area (Å²) in [5.74, 6) is -0.450. The van der Waals surface area contributed by atoms with Gasteiger partial charge in [-0.3, -0.25) is 4.90 Å². The molecule has 194 valence electrons. The smallest absolute Gasteiger partial charge is 0.299 e. The Morgan fingerprint density at radius 2 is 1.72 bits per heavy atom. The molecule has 3 unspecified atom stereocenters. The van der Waals surface area contributed by atoms with E-state index in [9.17, 15) is 21.6 Å². The van der Waals surface area contributed by atoms with Gasteiger partial charge in [0.2, 0.25) is 10.0 Å². The summed E-state index contributed by atoms with van der Waals surface area (Å²) >= 11 is 0. The third-order valence-electron chi connectivity index (χ3n) is 8.75. The van der Waals surface area contributed by atoms with Gasteiger partial charge in [0.25, 0.3) is 0 Å². The van der Waals surface area contributed by atoms with E-state index >= 15 is 4.39 Å². The van der Waals surface area contributed by atoms with Crippen LogP contribution in [0.2, 0.25) is 0 Å². The van der Waals surface area contributed by atoms with E-state index in [1.54, 1.807) is 12.1 Å². The van der Waals surface area contributed by atoms with Crippen LogP contribution >= 0.6 is 0 Å². The molecule has 6 rings (SSSR count). The van der Waals surface area contributed by atoms with Gasteiger partial charge in [0.05, 0.1) is 16.9 Å². The van der Waals surface area contributed by atoms with Crippen molar-refractivity contribution in [3.8, 4) is 0 Å². The number of alkyl halides is 3. The quantitative estimate of drug-likeness (QED) is 0.475. The van der Waals surface area contributed by atoms with Gasteiger partial charge in [-0.2, -0.15) is 17.5 Å². The Labute approximate surface area is 209 Å². The van der Waals surface area contributed by atoms with Gasteiger partial charge in [-0.1, -0.05) is 30.7 Å². The third-order valence-corrected chi connectivity index (χ3v) is 11.2. The highest BCUT2D eigenvalue weighted by Gasteiger charge is 2.46.